The van der Waals surface area contributed by atoms with Crippen molar-refractivity contribution >= 4 is 22.6 Å². The van der Waals surface area contributed by atoms with Crippen LogP contribution in [0.2, 0.25) is 5.02 Å². The lowest BCUT2D eigenvalue weighted by atomic mass is 10.2. The highest BCUT2D eigenvalue weighted by Crippen LogP contribution is 2.15. The van der Waals surface area contributed by atoms with Gasteiger partial charge in [0.05, 0.1) is 6.54 Å². The fourth-order valence-electron chi connectivity index (χ4n) is 2.83. The van der Waals surface area contributed by atoms with E-state index in [4.69, 9.17) is 11.6 Å². The third kappa shape index (κ3) is 3.13. The fourth-order valence-corrected chi connectivity index (χ4v) is 2.96. The lowest BCUT2D eigenvalue weighted by Crippen LogP contribution is -2.39. The summed E-state index contributed by atoms with van der Waals surface area (Å²) in [5.41, 5.74) is 0.910. The van der Waals surface area contributed by atoms with Gasteiger partial charge in [-0.2, -0.15) is 0 Å². The van der Waals surface area contributed by atoms with Gasteiger partial charge in [-0.05, 0) is 29.8 Å². The zero-order valence-corrected chi connectivity index (χ0v) is 15.1. The molecule has 3 heterocycles. The molecule has 4 aromatic rings. The Morgan fingerprint density at radius 2 is 1.85 bits per heavy atom. The first-order chi connectivity index (χ1) is 13.0. The lowest BCUT2D eigenvalue weighted by Gasteiger charge is -2.11. The Morgan fingerprint density at radius 3 is 2.56 bits per heavy atom. The van der Waals surface area contributed by atoms with Crippen molar-refractivity contribution in [3.8, 4) is 11.4 Å². The maximum absolute atomic E-state index is 12.9. The predicted molar refractivity (Wildman–Crippen MR) is 103 cm³/mol. The Labute approximate surface area is 158 Å². The summed E-state index contributed by atoms with van der Waals surface area (Å²) in [5.74, 6) is 0.403. The largest absolute Gasteiger partial charge is 0.332 e. The molecule has 1 aromatic carbocycles. The molecule has 0 fully saturated rings. The first-order valence-corrected chi connectivity index (χ1v) is 8.54. The number of benzene rings is 1. The van der Waals surface area contributed by atoms with E-state index in [0.29, 0.717) is 16.4 Å². The number of fused-ring (bicyclic) bond motifs is 1. The topological polar surface area (TPSA) is 82.7 Å². The molecule has 0 saturated heterocycles. The molecule has 0 N–H and O–H groups in total. The second kappa shape index (κ2) is 6.77. The second-order valence-electron chi connectivity index (χ2n) is 6.03. The number of pyridine rings is 1. The molecule has 3 aromatic heterocycles. The van der Waals surface area contributed by atoms with Crippen molar-refractivity contribution in [3.05, 3.63) is 86.4 Å². The van der Waals surface area contributed by atoms with Gasteiger partial charge in [-0.1, -0.05) is 23.7 Å². The van der Waals surface area contributed by atoms with Gasteiger partial charge in [-0.15, -0.1) is 0 Å². The highest BCUT2D eigenvalue weighted by molar-refractivity contribution is 6.30. The zero-order valence-electron chi connectivity index (χ0n) is 14.3. The van der Waals surface area contributed by atoms with Crippen LogP contribution < -0.4 is 11.2 Å². The maximum Gasteiger partial charge on any atom is 0.332 e. The molecule has 0 spiro atoms. The molecule has 0 aliphatic rings. The average Bonchev–Trinajstić information content (AvgIpc) is 2.71. The summed E-state index contributed by atoms with van der Waals surface area (Å²) in [6.07, 6.45) is 4.72. The van der Waals surface area contributed by atoms with Crippen LogP contribution in [0.15, 0.2) is 64.6 Å². The summed E-state index contributed by atoms with van der Waals surface area (Å²) in [6, 6.07) is 10.6. The van der Waals surface area contributed by atoms with Gasteiger partial charge in [-0.25, -0.2) is 14.8 Å². The van der Waals surface area contributed by atoms with Crippen molar-refractivity contribution in [3.63, 3.8) is 0 Å². The van der Waals surface area contributed by atoms with Gasteiger partial charge in [0, 0.05) is 36.2 Å². The van der Waals surface area contributed by atoms with Crippen molar-refractivity contribution in [1.29, 1.82) is 0 Å². The molecule has 8 heteroatoms. The quantitative estimate of drug-likeness (QED) is 0.545. The van der Waals surface area contributed by atoms with E-state index >= 15 is 0 Å². The van der Waals surface area contributed by atoms with Crippen LogP contribution in [-0.4, -0.2) is 24.1 Å². The van der Waals surface area contributed by atoms with Crippen LogP contribution in [0.25, 0.3) is 22.4 Å². The first kappa shape index (κ1) is 17.1. The highest BCUT2D eigenvalue weighted by Gasteiger charge is 2.14. The number of halogens is 1. The predicted octanol–water partition coefficient (Wildman–Crippen LogP) is 2.25. The SMILES string of the molecule is Cn1c(=O)n(Cc2ccc(Cl)cc2)c(=O)c2cnc(-c3cccnc3)nc21. The summed E-state index contributed by atoms with van der Waals surface area (Å²) in [6.45, 7) is 0.142. The Balaban J connectivity index is 1.87. The van der Waals surface area contributed by atoms with Crippen molar-refractivity contribution in [2.75, 3.05) is 0 Å². The molecule has 27 heavy (non-hydrogen) atoms. The minimum atomic E-state index is -0.446. The molecule has 0 aliphatic carbocycles. The Kier molecular flexibility index (Phi) is 4.29. The summed E-state index contributed by atoms with van der Waals surface area (Å²) >= 11 is 5.89. The first-order valence-electron chi connectivity index (χ1n) is 8.16. The van der Waals surface area contributed by atoms with E-state index in [1.165, 1.54) is 15.3 Å². The Hall–Kier alpha value is -3.32. The summed E-state index contributed by atoms with van der Waals surface area (Å²) in [4.78, 5) is 38.3. The van der Waals surface area contributed by atoms with E-state index < -0.39 is 11.2 Å². The normalized spacial score (nSPS) is 11.0. The smallest absolute Gasteiger partial charge is 0.280 e. The van der Waals surface area contributed by atoms with Gasteiger partial charge < -0.3 is 0 Å². The Morgan fingerprint density at radius 1 is 1.07 bits per heavy atom. The van der Waals surface area contributed by atoms with Crippen molar-refractivity contribution in [1.82, 2.24) is 24.1 Å². The van der Waals surface area contributed by atoms with E-state index in [2.05, 4.69) is 15.0 Å². The van der Waals surface area contributed by atoms with Gasteiger partial charge in [0.2, 0.25) is 0 Å². The van der Waals surface area contributed by atoms with E-state index in [9.17, 15) is 9.59 Å². The van der Waals surface area contributed by atoms with Crippen LogP contribution in [0.3, 0.4) is 0 Å². The number of hydrogen-bond donors (Lipinski definition) is 0. The Bertz CT molecular complexity index is 1250. The van der Waals surface area contributed by atoms with Crippen LogP contribution in [0.1, 0.15) is 5.56 Å². The molecule has 0 unspecified atom stereocenters. The molecular formula is C19H14ClN5O2. The van der Waals surface area contributed by atoms with Crippen molar-refractivity contribution in [2.45, 2.75) is 6.54 Å². The lowest BCUT2D eigenvalue weighted by molar-refractivity contribution is 0.656. The number of aromatic nitrogens is 5. The molecule has 134 valence electrons. The molecule has 0 saturated carbocycles. The van der Waals surface area contributed by atoms with Crippen molar-refractivity contribution < 1.29 is 0 Å². The summed E-state index contributed by atoms with van der Waals surface area (Å²) in [7, 11) is 1.59. The molecule has 4 rings (SSSR count). The molecule has 7 nitrogen and oxygen atoms in total. The standard InChI is InChI=1S/C19H14ClN5O2/c1-24-17-15(10-22-16(23-17)13-3-2-8-21-9-13)18(26)25(19(24)27)11-12-4-6-14(20)7-5-12/h2-10H,11H2,1H3. The van der Waals surface area contributed by atoms with Crippen LogP contribution >= 0.6 is 11.6 Å². The number of rotatable bonds is 3. The molecule has 0 bridgehead atoms. The molecule has 0 aliphatic heterocycles. The third-order valence-corrected chi connectivity index (χ3v) is 4.51. The van der Waals surface area contributed by atoms with Gasteiger partial charge in [0.25, 0.3) is 5.56 Å². The van der Waals surface area contributed by atoms with Gasteiger partial charge in [0.15, 0.2) is 11.5 Å². The minimum Gasteiger partial charge on any atom is -0.280 e. The molecule has 0 atom stereocenters. The number of hydrogen-bond acceptors (Lipinski definition) is 5. The maximum atomic E-state index is 12.9. The van der Waals surface area contributed by atoms with Gasteiger partial charge in [0.1, 0.15) is 5.39 Å². The van der Waals surface area contributed by atoms with Crippen LogP contribution in [-0.2, 0) is 13.6 Å². The van der Waals surface area contributed by atoms with Crippen molar-refractivity contribution in [2.24, 2.45) is 7.05 Å². The zero-order chi connectivity index (χ0) is 19.0. The summed E-state index contributed by atoms with van der Waals surface area (Å²) in [5, 5.41) is 0.868. The third-order valence-electron chi connectivity index (χ3n) is 4.25. The van der Waals surface area contributed by atoms with Gasteiger partial charge in [-0.3, -0.25) is 18.9 Å². The van der Waals surface area contributed by atoms with Crippen LogP contribution in [0.5, 0.6) is 0 Å². The van der Waals surface area contributed by atoms with Crippen LogP contribution in [0.4, 0.5) is 0 Å². The van der Waals surface area contributed by atoms with E-state index in [0.717, 1.165) is 5.56 Å². The fraction of sp³-hybridized carbons (Fsp3) is 0.105. The summed E-state index contributed by atoms with van der Waals surface area (Å²) < 4.78 is 2.52. The molecule has 0 radical (unpaired) electrons. The minimum absolute atomic E-state index is 0.142. The van der Waals surface area contributed by atoms with E-state index in [-0.39, 0.29) is 17.6 Å². The van der Waals surface area contributed by atoms with E-state index in [1.807, 2.05) is 6.07 Å². The van der Waals surface area contributed by atoms with Crippen LogP contribution in [0, 0.1) is 0 Å². The highest BCUT2D eigenvalue weighted by atomic mass is 35.5. The average molecular weight is 380 g/mol. The second-order valence-corrected chi connectivity index (χ2v) is 6.47. The number of nitrogens with zero attached hydrogens (tertiary/aromatic N) is 5. The number of aryl methyl sites for hydroxylation is 1. The van der Waals surface area contributed by atoms with Gasteiger partial charge >= 0.3 is 5.69 Å². The molecular weight excluding hydrogens is 366 g/mol. The van der Waals surface area contributed by atoms with E-state index in [1.54, 1.807) is 49.8 Å². The monoisotopic (exact) mass is 379 g/mol. The molecule has 0 amide bonds.